The molecule has 4 rings (SSSR count). The van der Waals surface area contributed by atoms with Gasteiger partial charge in [-0.05, 0) is 37.0 Å². The summed E-state index contributed by atoms with van der Waals surface area (Å²) in [5.41, 5.74) is 6.70. The summed E-state index contributed by atoms with van der Waals surface area (Å²) in [6.45, 7) is 2.19. The minimum absolute atomic E-state index is 0.166. The quantitative estimate of drug-likeness (QED) is 0.689. The van der Waals surface area contributed by atoms with Gasteiger partial charge in [0.25, 0.3) is 0 Å². The summed E-state index contributed by atoms with van der Waals surface area (Å²) in [6.07, 6.45) is 7.51. The Hall–Kier alpha value is -2.94. The van der Waals surface area contributed by atoms with E-state index in [4.69, 9.17) is 9.97 Å². The Bertz CT molecular complexity index is 988. The van der Waals surface area contributed by atoms with E-state index >= 15 is 0 Å². The van der Waals surface area contributed by atoms with Gasteiger partial charge in [0, 0.05) is 5.56 Å². The number of phenolic OH excluding ortho intramolecular Hbond substituents is 1. The fourth-order valence-electron chi connectivity index (χ4n) is 3.26. The number of benzene rings is 2. The van der Waals surface area contributed by atoms with Gasteiger partial charge < -0.3 is 5.11 Å². The van der Waals surface area contributed by atoms with Crippen LogP contribution < -0.4 is 0 Å². The highest BCUT2D eigenvalue weighted by molar-refractivity contribution is 5.88. The Labute approximate surface area is 147 Å². The normalized spacial score (nSPS) is 14.3. The molecule has 0 aliphatic heterocycles. The van der Waals surface area contributed by atoms with Crippen LogP contribution in [0.15, 0.2) is 66.3 Å². The maximum atomic E-state index is 10.2. The molecule has 0 amide bonds. The van der Waals surface area contributed by atoms with Crippen molar-refractivity contribution in [2.45, 2.75) is 26.2 Å². The summed E-state index contributed by atoms with van der Waals surface area (Å²) in [5, 5.41) is 10.2. The highest BCUT2D eigenvalue weighted by atomic mass is 16.3. The Morgan fingerprint density at radius 2 is 1.72 bits per heavy atom. The summed E-state index contributed by atoms with van der Waals surface area (Å²) < 4.78 is 0. The zero-order valence-corrected chi connectivity index (χ0v) is 14.2. The molecule has 0 bridgehead atoms. The lowest BCUT2D eigenvalue weighted by Gasteiger charge is -2.17. The highest BCUT2D eigenvalue weighted by Gasteiger charge is 2.17. The number of phenols is 1. The predicted octanol–water partition coefficient (Wildman–Crippen LogP) is 5.52. The molecule has 0 radical (unpaired) electrons. The van der Waals surface area contributed by atoms with Crippen molar-refractivity contribution in [3.63, 3.8) is 0 Å². The van der Waals surface area contributed by atoms with E-state index in [0.717, 1.165) is 41.7 Å². The molecule has 1 aliphatic carbocycles. The molecule has 1 N–H and O–H groups in total. The van der Waals surface area contributed by atoms with Crippen LogP contribution in [0.2, 0.25) is 0 Å². The average Bonchev–Trinajstić information content (AvgIpc) is 2.68. The lowest BCUT2D eigenvalue weighted by Crippen LogP contribution is -2.01. The van der Waals surface area contributed by atoms with Crippen molar-refractivity contribution < 1.29 is 5.11 Å². The van der Waals surface area contributed by atoms with Gasteiger partial charge in [-0.25, -0.2) is 9.97 Å². The summed E-state index contributed by atoms with van der Waals surface area (Å²) in [6, 6.07) is 15.4. The molecule has 1 heterocycles. The van der Waals surface area contributed by atoms with E-state index in [9.17, 15) is 5.11 Å². The molecule has 2 aromatic carbocycles. The maximum Gasteiger partial charge on any atom is 0.143 e. The first-order chi connectivity index (χ1) is 12.3. The van der Waals surface area contributed by atoms with Crippen LogP contribution in [0.5, 0.6) is 5.75 Å². The average molecular weight is 328 g/mol. The van der Waals surface area contributed by atoms with Crippen molar-refractivity contribution in [2.75, 3.05) is 0 Å². The van der Waals surface area contributed by atoms with Crippen molar-refractivity contribution in [3.05, 3.63) is 72.0 Å². The van der Waals surface area contributed by atoms with Gasteiger partial charge >= 0.3 is 0 Å². The van der Waals surface area contributed by atoms with Crippen LogP contribution in [0.1, 0.15) is 31.9 Å². The Balaban J connectivity index is 1.96. The number of nitrogens with zero attached hydrogens (tertiary/aromatic N) is 2. The molecule has 3 nitrogen and oxygen atoms in total. The monoisotopic (exact) mass is 328 g/mol. The van der Waals surface area contributed by atoms with E-state index in [0.29, 0.717) is 5.52 Å². The molecule has 3 heteroatoms. The summed E-state index contributed by atoms with van der Waals surface area (Å²) in [5.74, 6) is 0.166. The second-order valence-electron chi connectivity index (χ2n) is 6.30. The number of rotatable bonds is 3. The highest BCUT2D eigenvalue weighted by Crippen LogP contribution is 2.35. The van der Waals surface area contributed by atoms with Gasteiger partial charge in [0.2, 0.25) is 0 Å². The number of para-hydroxylation sites is 1. The molecule has 3 aromatic rings. The molecule has 1 aliphatic rings. The van der Waals surface area contributed by atoms with Crippen LogP contribution in [0.25, 0.3) is 27.9 Å². The number of allylic oxidation sites excluding steroid dienone is 4. The van der Waals surface area contributed by atoms with Crippen molar-refractivity contribution in [2.24, 2.45) is 0 Å². The van der Waals surface area contributed by atoms with Gasteiger partial charge in [-0.2, -0.15) is 0 Å². The van der Waals surface area contributed by atoms with E-state index in [2.05, 4.69) is 19.1 Å². The summed E-state index contributed by atoms with van der Waals surface area (Å²) >= 11 is 0. The molecule has 0 saturated heterocycles. The second-order valence-corrected chi connectivity index (χ2v) is 6.30. The van der Waals surface area contributed by atoms with Crippen LogP contribution in [0.3, 0.4) is 0 Å². The molecule has 0 spiro atoms. The Morgan fingerprint density at radius 1 is 0.880 bits per heavy atom. The first kappa shape index (κ1) is 15.6. The fourth-order valence-corrected chi connectivity index (χ4v) is 3.26. The molecule has 1 aromatic heterocycles. The van der Waals surface area contributed by atoms with Crippen LogP contribution in [-0.2, 0) is 0 Å². The maximum absolute atomic E-state index is 10.2. The smallest absolute Gasteiger partial charge is 0.143 e. The summed E-state index contributed by atoms with van der Waals surface area (Å²) in [7, 11) is 0. The van der Waals surface area contributed by atoms with Gasteiger partial charge in [-0.15, -0.1) is 0 Å². The number of fused-ring (bicyclic) bond motifs is 1. The van der Waals surface area contributed by atoms with Crippen LogP contribution >= 0.6 is 0 Å². The van der Waals surface area contributed by atoms with Crippen molar-refractivity contribution in [1.82, 2.24) is 9.97 Å². The zero-order chi connectivity index (χ0) is 17.2. The molecule has 0 saturated carbocycles. The van der Waals surface area contributed by atoms with Gasteiger partial charge in [0.05, 0.1) is 16.9 Å². The third-order valence-electron chi connectivity index (χ3n) is 4.71. The number of hydrogen-bond donors (Lipinski definition) is 1. The van der Waals surface area contributed by atoms with Gasteiger partial charge in [0.1, 0.15) is 11.3 Å². The molecule has 0 unspecified atom stereocenters. The topological polar surface area (TPSA) is 46.0 Å². The van der Waals surface area contributed by atoms with Gasteiger partial charge in [0.15, 0.2) is 0 Å². The van der Waals surface area contributed by atoms with Gasteiger partial charge in [-0.1, -0.05) is 61.0 Å². The number of aromatic nitrogens is 2. The van der Waals surface area contributed by atoms with Crippen LogP contribution in [-0.4, -0.2) is 15.1 Å². The van der Waals surface area contributed by atoms with Crippen molar-refractivity contribution in [1.29, 1.82) is 0 Å². The van der Waals surface area contributed by atoms with Crippen molar-refractivity contribution >= 4 is 16.6 Å². The minimum atomic E-state index is 0.166. The van der Waals surface area contributed by atoms with Crippen LogP contribution in [0.4, 0.5) is 0 Å². The van der Waals surface area contributed by atoms with Crippen LogP contribution in [0, 0.1) is 0 Å². The third-order valence-corrected chi connectivity index (χ3v) is 4.71. The predicted molar refractivity (Wildman–Crippen MR) is 102 cm³/mol. The Kier molecular flexibility index (Phi) is 4.06. The van der Waals surface area contributed by atoms with E-state index in [-0.39, 0.29) is 5.75 Å². The number of hydrogen-bond acceptors (Lipinski definition) is 3. The fraction of sp³-hybridized carbons (Fsp3) is 0.182. The number of aromatic hydroxyl groups is 1. The van der Waals surface area contributed by atoms with E-state index < -0.39 is 0 Å². The molecular weight excluding hydrogens is 308 g/mol. The zero-order valence-electron chi connectivity index (χ0n) is 14.2. The molecular formula is C22H20N2O. The molecule has 124 valence electrons. The Morgan fingerprint density at radius 3 is 2.44 bits per heavy atom. The van der Waals surface area contributed by atoms with Gasteiger partial charge in [-0.3, -0.25) is 0 Å². The first-order valence-corrected chi connectivity index (χ1v) is 8.70. The molecule has 0 fully saturated rings. The minimum Gasteiger partial charge on any atom is -0.506 e. The standard InChI is InChI=1S/C22H20N2O/c1-2-15-11-13-17(14-12-15)20-21(16-7-4-3-5-8-16)24-22-18(23-20)9-6-10-19(22)25/h3-11,13,25H,2,12,14H2,1H3. The first-order valence-electron chi connectivity index (χ1n) is 8.70. The third kappa shape index (κ3) is 2.93. The van der Waals surface area contributed by atoms with E-state index in [1.165, 1.54) is 11.1 Å². The second kappa shape index (κ2) is 6.52. The lowest BCUT2D eigenvalue weighted by molar-refractivity contribution is 0.480. The lowest BCUT2D eigenvalue weighted by atomic mass is 9.92. The molecule has 25 heavy (non-hydrogen) atoms. The van der Waals surface area contributed by atoms with Crippen molar-refractivity contribution in [3.8, 4) is 17.0 Å². The largest absolute Gasteiger partial charge is 0.506 e. The SMILES string of the molecule is CCC1=CC=C(c2nc3cccc(O)c3nc2-c2ccccc2)CC1. The van der Waals surface area contributed by atoms with E-state index in [1.807, 2.05) is 42.5 Å². The summed E-state index contributed by atoms with van der Waals surface area (Å²) in [4.78, 5) is 9.65. The van der Waals surface area contributed by atoms with E-state index in [1.54, 1.807) is 6.07 Å². The molecule has 0 atom stereocenters.